The minimum atomic E-state index is 0.877. The fourth-order valence-corrected chi connectivity index (χ4v) is 15.1. The summed E-state index contributed by atoms with van der Waals surface area (Å²) in [5, 5.41) is 0. The Balaban J connectivity index is 1.18. The number of fused-ring (bicyclic) bond motifs is 20. The highest BCUT2D eigenvalue weighted by atomic mass is 14.8. The number of aromatic amines is 4. The first-order valence-electron chi connectivity index (χ1n) is 40.6. The van der Waals surface area contributed by atoms with Gasteiger partial charge in [-0.15, -0.1) is 0 Å². The van der Waals surface area contributed by atoms with Gasteiger partial charge in [0.1, 0.15) is 11.4 Å². The van der Waals surface area contributed by atoms with E-state index in [-0.39, 0.29) is 0 Å². The van der Waals surface area contributed by atoms with Gasteiger partial charge in [-0.1, -0.05) is 221 Å². The molecule has 4 aliphatic rings. The maximum Gasteiger partial charge on any atom is 0.103 e. The number of hydrogen-bond donors (Lipinski definition) is 4. The van der Waals surface area contributed by atoms with Crippen LogP contribution in [0.4, 0.5) is 0 Å². The molecule has 0 unspecified atom stereocenters. The second-order valence-corrected chi connectivity index (χ2v) is 29.3. The summed E-state index contributed by atoms with van der Waals surface area (Å²) in [7, 11) is 0. The highest BCUT2D eigenvalue weighted by molar-refractivity contribution is 6.05. The van der Waals surface area contributed by atoms with Gasteiger partial charge in [0.2, 0.25) is 0 Å². The van der Waals surface area contributed by atoms with Gasteiger partial charge in [-0.3, -0.25) is 0 Å². The number of allylic oxidation sites excluding steroid dienone is 6. The third kappa shape index (κ3) is 20.5. The van der Waals surface area contributed by atoms with Gasteiger partial charge < -0.3 is 19.9 Å². The molecule has 16 bridgehead atoms. The zero-order valence-electron chi connectivity index (χ0n) is 63.2. The molecule has 0 amide bonds. The highest BCUT2D eigenvalue weighted by Crippen LogP contribution is 2.40. The van der Waals surface area contributed by atoms with Crippen LogP contribution in [-0.2, 0) is 25.7 Å². The van der Waals surface area contributed by atoms with Crippen molar-refractivity contribution in [2.24, 2.45) is 0 Å². The van der Waals surface area contributed by atoms with Crippen LogP contribution in [0.3, 0.4) is 0 Å². The van der Waals surface area contributed by atoms with Crippen LogP contribution in [0.25, 0.3) is 89.7 Å². The van der Waals surface area contributed by atoms with Gasteiger partial charge in [0, 0.05) is 22.1 Å². The van der Waals surface area contributed by atoms with Crippen molar-refractivity contribution >= 4 is 89.7 Å². The summed E-state index contributed by atoms with van der Waals surface area (Å²) in [6, 6.07) is 28.0. The average molecular weight is 1340 g/mol. The van der Waals surface area contributed by atoms with Crippen LogP contribution >= 0.6 is 0 Å². The van der Waals surface area contributed by atoms with Crippen LogP contribution in [0.15, 0.2) is 72.8 Å². The number of hydrogen-bond acceptors (Lipinski definition) is 4. The minimum absolute atomic E-state index is 0.877. The van der Waals surface area contributed by atoms with Crippen molar-refractivity contribution in [1.82, 2.24) is 39.9 Å². The fourth-order valence-electron chi connectivity index (χ4n) is 15.1. The molecule has 4 aliphatic heterocycles. The van der Waals surface area contributed by atoms with Crippen LogP contribution in [0.2, 0.25) is 0 Å². The Morgan fingerprint density at radius 1 is 0.260 bits per heavy atom. The summed E-state index contributed by atoms with van der Waals surface area (Å²) in [5.74, 6) is 14.8. The number of rotatable bonds is 40. The summed E-state index contributed by atoms with van der Waals surface area (Å²) in [6.45, 7) is 18.4. The van der Waals surface area contributed by atoms with E-state index in [1.165, 1.54) is 198 Å². The van der Waals surface area contributed by atoms with Crippen molar-refractivity contribution in [2.45, 2.75) is 312 Å². The minimum Gasteiger partial charge on any atom is -0.354 e. The zero-order valence-corrected chi connectivity index (χ0v) is 63.2. The van der Waals surface area contributed by atoms with Crippen molar-refractivity contribution in [1.29, 1.82) is 0 Å². The summed E-state index contributed by atoms with van der Waals surface area (Å²) in [6.07, 6.45) is 50.7. The second-order valence-electron chi connectivity index (χ2n) is 29.3. The number of aryl methyl sites for hydroxylation is 4. The summed E-state index contributed by atoms with van der Waals surface area (Å²) in [4.78, 5) is 38.3. The lowest BCUT2D eigenvalue weighted by atomic mass is 9.98. The number of nitrogens with zero attached hydrogens (tertiary/aromatic N) is 4. The Bertz CT molecular complexity index is 4290. The molecule has 0 aliphatic carbocycles. The number of aromatic nitrogens is 8. The Morgan fingerprint density at radius 2 is 0.530 bits per heavy atom. The van der Waals surface area contributed by atoms with Gasteiger partial charge in [-0.25, -0.2) is 19.9 Å². The number of nitrogens with one attached hydrogen (secondary N) is 4. The maximum atomic E-state index is 5.73. The van der Waals surface area contributed by atoms with E-state index in [4.69, 9.17) is 19.9 Å². The van der Waals surface area contributed by atoms with Gasteiger partial charge >= 0.3 is 0 Å². The Kier molecular flexibility index (Phi) is 30.1. The van der Waals surface area contributed by atoms with Crippen molar-refractivity contribution in [3.8, 4) is 23.7 Å². The van der Waals surface area contributed by atoms with Crippen LogP contribution in [0.5, 0.6) is 0 Å². The molecule has 6 aromatic rings. The normalized spacial score (nSPS) is 12.9. The van der Waals surface area contributed by atoms with Gasteiger partial charge in [0.15, 0.2) is 0 Å². The first kappa shape index (κ1) is 75.0. The Labute approximate surface area is 602 Å². The topological polar surface area (TPSA) is 115 Å². The quantitative estimate of drug-likeness (QED) is 0.0227. The molecule has 0 saturated heterocycles. The van der Waals surface area contributed by atoms with E-state index in [0.29, 0.717) is 0 Å². The van der Waals surface area contributed by atoms with Gasteiger partial charge in [-0.05, 0) is 244 Å². The van der Waals surface area contributed by atoms with E-state index in [1.54, 1.807) is 0 Å². The SMILES string of the molecule is CCCCCCC1=Cc2nc1ccc1[nH]c(cc1CCCCCC)c1nc(ccc3[nH]c2cc3CCCCCC)C(CCCCCC)=C1C#CC#CC1=C(CCCCCC)c2ccc3nc(c4cc(CCCCCC)c(ccc5[nH]c(cc5CCCCCC)c1n2)[nH]4)C=C3CCCCCC. The number of H-pyrrole nitrogens is 4. The molecule has 4 N–H and O–H groups in total. The first-order valence-corrected chi connectivity index (χ1v) is 40.6. The molecule has 10 heterocycles. The van der Waals surface area contributed by atoms with Gasteiger partial charge in [0.05, 0.1) is 67.4 Å². The third-order valence-corrected chi connectivity index (χ3v) is 21.1. The molecule has 8 heteroatoms. The molecule has 0 saturated carbocycles. The predicted molar refractivity (Wildman–Crippen MR) is 433 cm³/mol. The van der Waals surface area contributed by atoms with Crippen molar-refractivity contribution < 1.29 is 0 Å². The number of unbranched alkanes of at least 4 members (excludes halogenated alkanes) is 24. The lowest BCUT2D eigenvalue weighted by molar-refractivity contribution is 0.668. The standard InChI is InChI=1S/C92H122N8/c1-9-17-25-33-43-67-61-85-87-63-69(45-35-27-19-11-3)79(95-87)57-59-83-73(49-39-31-23-15-7)75(91(99-83)89-65-71(47-37-29-21-13-5)81(97-89)55-53-77(67)93-85)51-41-42-52-76-74(50-40-32-24-16-8)84-60-58-80-70(46-36-28-20-12-4)64-88(96-80)86-62-68(44-34-26-18-10-2)78(94-86)54-56-82-72(48-38-30-22-14-6)66-90(98-82)92(76)100-84/h53-66,93,96-98H,9-40,43-50H2,1-8H3. The van der Waals surface area contributed by atoms with Crippen molar-refractivity contribution in [3.05, 3.63) is 141 Å². The lowest BCUT2D eigenvalue weighted by Gasteiger charge is -2.04. The Morgan fingerprint density at radius 3 is 0.870 bits per heavy atom. The van der Waals surface area contributed by atoms with E-state index >= 15 is 0 Å². The molecule has 6 aromatic heterocycles. The third-order valence-electron chi connectivity index (χ3n) is 21.1. The molecule has 100 heavy (non-hydrogen) atoms. The molecule has 10 rings (SSSR count). The summed E-state index contributed by atoms with van der Waals surface area (Å²) in [5.41, 5.74) is 29.1. The highest BCUT2D eigenvalue weighted by Gasteiger charge is 2.25. The van der Waals surface area contributed by atoms with E-state index in [9.17, 15) is 0 Å². The van der Waals surface area contributed by atoms with E-state index < -0.39 is 0 Å². The molecule has 8 nitrogen and oxygen atoms in total. The fraction of sp³-hybridized carbons (Fsp3) is 0.522. The van der Waals surface area contributed by atoms with E-state index in [1.807, 2.05) is 0 Å². The summed E-state index contributed by atoms with van der Waals surface area (Å²) >= 11 is 0. The van der Waals surface area contributed by atoms with Crippen LogP contribution in [0, 0.1) is 23.7 Å². The zero-order chi connectivity index (χ0) is 69.7. The molecule has 0 aromatic carbocycles. The molecular formula is C92H122N8. The Hall–Kier alpha value is -7.68. The first-order chi connectivity index (χ1) is 49.3. The van der Waals surface area contributed by atoms with E-state index in [0.717, 1.165) is 204 Å². The van der Waals surface area contributed by atoms with Crippen LogP contribution in [0.1, 0.15) is 354 Å². The monoisotopic (exact) mass is 1340 g/mol. The van der Waals surface area contributed by atoms with Crippen molar-refractivity contribution in [2.75, 3.05) is 0 Å². The van der Waals surface area contributed by atoms with Crippen LogP contribution < -0.4 is 0 Å². The summed E-state index contributed by atoms with van der Waals surface area (Å²) < 4.78 is 0. The molecule has 0 radical (unpaired) electrons. The van der Waals surface area contributed by atoms with E-state index in [2.05, 4.69) is 184 Å². The lowest BCUT2D eigenvalue weighted by Crippen LogP contribution is -1.87. The van der Waals surface area contributed by atoms with Crippen LogP contribution in [-0.4, -0.2) is 39.9 Å². The largest absolute Gasteiger partial charge is 0.354 e. The average Bonchev–Trinajstić information content (AvgIpc) is 1.63. The van der Waals surface area contributed by atoms with Crippen molar-refractivity contribution in [3.63, 3.8) is 0 Å². The molecular weight excluding hydrogens is 1220 g/mol. The maximum absolute atomic E-state index is 5.73. The smallest absolute Gasteiger partial charge is 0.103 e. The molecule has 0 atom stereocenters. The predicted octanol–water partition coefficient (Wildman–Crippen LogP) is 26.9. The van der Waals surface area contributed by atoms with Gasteiger partial charge in [-0.2, -0.15) is 0 Å². The molecule has 530 valence electrons. The second kappa shape index (κ2) is 40.1. The molecule has 0 spiro atoms. The van der Waals surface area contributed by atoms with Gasteiger partial charge in [0.25, 0.3) is 0 Å². The molecule has 0 fully saturated rings.